The van der Waals surface area contributed by atoms with Crippen LogP contribution in [-0.2, 0) is 22.6 Å². The van der Waals surface area contributed by atoms with Gasteiger partial charge in [-0.25, -0.2) is 9.18 Å². The maximum Gasteiger partial charge on any atom is 0.321 e. The Hall–Kier alpha value is -3.42. The number of nitrogens with zero attached hydrogens (tertiary/aromatic N) is 3. The fourth-order valence-corrected chi connectivity index (χ4v) is 4.24. The molecule has 0 radical (unpaired) electrons. The van der Waals surface area contributed by atoms with Crippen LogP contribution in [0.1, 0.15) is 24.5 Å². The zero-order valence-electron chi connectivity index (χ0n) is 18.1. The zero-order valence-corrected chi connectivity index (χ0v) is 18.1. The average molecular weight is 439 g/mol. The molecule has 8 heteroatoms. The van der Waals surface area contributed by atoms with Crippen molar-refractivity contribution in [1.29, 1.82) is 0 Å². The van der Waals surface area contributed by atoms with Crippen molar-refractivity contribution in [2.75, 3.05) is 31.5 Å². The lowest BCUT2D eigenvalue weighted by Gasteiger charge is -2.40. The smallest absolute Gasteiger partial charge is 0.321 e. The van der Waals surface area contributed by atoms with Gasteiger partial charge in [-0.2, -0.15) is 0 Å². The van der Waals surface area contributed by atoms with Gasteiger partial charge in [0, 0.05) is 25.3 Å². The molecule has 1 unspecified atom stereocenters. The Morgan fingerprint density at radius 2 is 1.88 bits per heavy atom. The number of fused-ring (bicyclic) bond motifs is 1. The fourth-order valence-electron chi connectivity index (χ4n) is 4.24. The molecular weight excluding hydrogens is 411 g/mol. The number of carbonyl (C=O) groups excluding carboxylic acids is 3. The number of benzene rings is 2. The second-order valence-electron chi connectivity index (χ2n) is 8.21. The van der Waals surface area contributed by atoms with Gasteiger partial charge in [-0.3, -0.25) is 9.59 Å². The Morgan fingerprint density at radius 1 is 1.09 bits per heavy atom. The van der Waals surface area contributed by atoms with Crippen molar-refractivity contribution >= 4 is 23.5 Å². The van der Waals surface area contributed by atoms with Crippen LogP contribution in [-0.4, -0.2) is 64.8 Å². The summed E-state index contributed by atoms with van der Waals surface area (Å²) >= 11 is 0. The first kappa shape index (κ1) is 21.8. The van der Waals surface area contributed by atoms with Gasteiger partial charge in [-0.1, -0.05) is 31.2 Å². The van der Waals surface area contributed by atoms with Crippen LogP contribution in [0.25, 0.3) is 0 Å². The van der Waals surface area contributed by atoms with Crippen LogP contribution in [0.4, 0.5) is 14.9 Å². The summed E-state index contributed by atoms with van der Waals surface area (Å²) in [6.07, 6.45) is 1.47. The highest BCUT2D eigenvalue weighted by molar-refractivity contribution is 5.96. The molecule has 2 aliphatic heterocycles. The van der Waals surface area contributed by atoms with Gasteiger partial charge in [-0.05, 0) is 48.2 Å². The number of rotatable bonds is 4. The number of hydrogen-bond acceptors (Lipinski definition) is 3. The van der Waals surface area contributed by atoms with Crippen molar-refractivity contribution in [2.45, 2.75) is 32.4 Å². The number of halogens is 1. The summed E-state index contributed by atoms with van der Waals surface area (Å²) in [5.41, 5.74) is 2.58. The monoisotopic (exact) mass is 438 g/mol. The third-order valence-electron chi connectivity index (χ3n) is 6.00. The number of hydrogen-bond donors (Lipinski definition) is 1. The summed E-state index contributed by atoms with van der Waals surface area (Å²) in [5.74, 6) is -0.674. The summed E-state index contributed by atoms with van der Waals surface area (Å²) in [5, 5.41) is 2.92. The zero-order chi connectivity index (χ0) is 22.7. The minimum absolute atomic E-state index is 0.0112. The fraction of sp³-hybridized carbons (Fsp3) is 0.375. The van der Waals surface area contributed by atoms with Gasteiger partial charge in [0.15, 0.2) is 0 Å². The Morgan fingerprint density at radius 3 is 2.62 bits per heavy atom. The van der Waals surface area contributed by atoms with Crippen molar-refractivity contribution in [3.8, 4) is 0 Å². The van der Waals surface area contributed by atoms with Gasteiger partial charge in [0.2, 0.25) is 11.8 Å². The Kier molecular flexibility index (Phi) is 6.39. The molecule has 2 fully saturated rings. The average Bonchev–Trinajstić information content (AvgIpc) is 3.03. The third-order valence-corrected chi connectivity index (χ3v) is 6.00. The second-order valence-corrected chi connectivity index (χ2v) is 8.21. The molecule has 2 aromatic rings. The van der Waals surface area contributed by atoms with Gasteiger partial charge in [0.25, 0.3) is 0 Å². The lowest BCUT2D eigenvalue weighted by Crippen LogP contribution is -2.61. The van der Waals surface area contributed by atoms with Crippen LogP contribution in [0.15, 0.2) is 48.5 Å². The SMILES string of the molecule is CCc1cccc(NC(=O)N2CCCN3C(=O)CN(Cc4ccc(F)cc4)C(=O)C3C2)c1. The molecule has 2 aromatic carbocycles. The molecule has 0 bridgehead atoms. The summed E-state index contributed by atoms with van der Waals surface area (Å²) in [6.45, 7) is 3.31. The number of urea groups is 1. The van der Waals surface area contributed by atoms with E-state index >= 15 is 0 Å². The van der Waals surface area contributed by atoms with Crippen molar-refractivity contribution in [1.82, 2.24) is 14.7 Å². The van der Waals surface area contributed by atoms with Crippen LogP contribution < -0.4 is 5.32 Å². The predicted molar refractivity (Wildman–Crippen MR) is 118 cm³/mol. The molecule has 0 aliphatic carbocycles. The summed E-state index contributed by atoms with van der Waals surface area (Å²) in [4.78, 5) is 43.6. The Balaban J connectivity index is 1.47. The van der Waals surface area contributed by atoms with E-state index in [0.29, 0.717) is 25.2 Å². The maximum atomic E-state index is 13.2. The molecule has 0 saturated carbocycles. The number of anilines is 1. The third kappa shape index (κ3) is 4.74. The standard InChI is InChI=1S/C24H27FN4O3/c1-2-17-5-3-6-20(13-17)26-24(32)27-11-4-12-29-21(15-27)23(31)28(16-22(29)30)14-18-7-9-19(25)10-8-18/h3,5-10,13,21H,2,4,11-12,14-16H2,1H3,(H,26,32). The maximum absolute atomic E-state index is 13.2. The largest absolute Gasteiger partial charge is 0.327 e. The number of carbonyl (C=O) groups is 3. The molecule has 32 heavy (non-hydrogen) atoms. The van der Waals surface area contributed by atoms with Crippen LogP contribution in [0.5, 0.6) is 0 Å². The van der Waals surface area contributed by atoms with Crippen LogP contribution in [0, 0.1) is 5.82 Å². The topological polar surface area (TPSA) is 73.0 Å². The van der Waals surface area contributed by atoms with Gasteiger partial charge in [0.1, 0.15) is 18.4 Å². The highest BCUT2D eigenvalue weighted by Crippen LogP contribution is 2.21. The first-order chi connectivity index (χ1) is 15.4. The number of aryl methyl sites for hydroxylation is 1. The quantitative estimate of drug-likeness (QED) is 0.798. The molecule has 1 atom stereocenters. The molecule has 4 rings (SSSR count). The first-order valence-corrected chi connectivity index (χ1v) is 10.9. The second kappa shape index (κ2) is 9.38. The molecule has 0 spiro atoms. The number of amides is 4. The highest BCUT2D eigenvalue weighted by atomic mass is 19.1. The van der Waals surface area contributed by atoms with E-state index in [1.165, 1.54) is 17.0 Å². The summed E-state index contributed by atoms with van der Waals surface area (Å²) < 4.78 is 13.2. The number of nitrogens with one attached hydrogen (secondary N) is 1. The highest BCUT2D eigenvalue weighted by Gasteiger charge is 2.42. The van der Waals surface area contributed by atoms with Crippen molar-refractivity contribution in [3.05, 3.63) is 65.5 Å². The van der Waals surface area contributed by atoms with Crippen LogP contribution in [0.3, 0.4) is 0 Å². The summed E-state index contributed by atoms with van der Waals surface area (Å²) in [7, 11) is 0. The molecule has 4 amide bonds. The van der Waals surface area contributed by atoms with E-state index in [-0.39, 0.29) is 43.3 Å². The minimum atomic E-state index is -0.716. The molecule has 2 heterocycles. The van der Waals surface area contributed by atoms with E-state index < -0.39 is 6.04 Å². The summed E-state index contributed by atoms with van der Waals surface area (Å²) in [6, 6.07) is 12.6. The molecule has 1 N–H and O–H groups in total. The lowest BCUT2D eigenvalue weighted by atomic mass is 10.1. The number of piperazine rings is 1. The Labute approximate surface area is 186 Å². The lowest BCUT2D eigenvalue weighted by molar-refractivity contribution is -0.156. The van der Waals surface area contributed by atoms with Gasteiger partial charge >= 0.3 is 6.03 Å². The molecule has 2 saturated heterocycles. The van der Waals surface area contributed by atoms with Crippen LogP contribution >= 0.6 is 0 Å². The van der Waals surface area contributed by atoms with Gasteiger partial charge in [0.05, 0.1) is 6.54 Å². The van der Waals surface area contributed by atoms with Gasteiger partial charge < -0.3 is 20.0 Å². The van der Waals surface area contributed by atoms with E-state index in [2.05, 4.69) is 5.32 Å². The predicted octanol–water partition coefficient (Wildman–Crippen LogP) is 2.87. The molecule has 0 aromatic heterocycles. The molecule has 7 nitrogen and oxygen atoms in total. The van der Waals surface area contributed by atoms with Gasteiger partial charge in [-0.15, -0.1) is 0 Å². The molecule has 2 aliphatic rings. The van der Waals surface area contributed by atoms with Crippen molar-refractivity contribution < 1.29 is 18.8 Å². The molecular formula is C24H27FN4O3. The van der Waals surface area contributed by atoms with E-state index in [4.69, 9.17) is 0 Å². The van der Waals surface area contributed by atoms with E-state index in [0.717, 1.165) is 17.5 Å². The normalized spacial score (nSPS) is 18.9. The van der Waals surface area contributed by atoms with E-state index in [1.807, 2.05) is 31.2 Å². The minimum Gasteiger partial charge on any atom is -0.327 e. The first-order valence-electron chi connectivity index (χ1n) is 10.9. The van der Waals surface area contributed by atoms with E-state index in [9.17, 15) is 18.8 Å². The van der Waals surface area contributed by atoms with Crippen molar-refractivity contribution in [2.24, 2.45) is 0 Å². The molecule has 168 valence electrons. The van der Waals surface area contributed by atoms with Crippen molar-refractivity contribution in [3.63, 3.8) is 0 Å². The Bertz CT molecular complexity index is 1010. The van der Waals surface area contributed by atoms with E-state index in [1.54, 1.807) is 21.9 Å². The van der Waals surface area contributed by atoms with Crippen LogP contribution in [0.2, 0.25) is 0 Å².